The number of carboxylic acid groups (broad SMARTS) is 1. The summed E-state index contributed by atoms with van der Waals surface area (Å²) in [6.45, 7) is 1.40. The number of rotatable bonds is 6. The summed E-state index contributed by atoms with van der Waals surface area (Å²) in [6, 6.07) is 2.49. The Hall–Kier alpha value is -1.28. The van der Waals surface area contributed by atoms with Gasteiger partial charge in [0.25, 0.3) is 0 Å². The van der Waals surface area contributed by atoms with Crippen molar-refractivity contribution in [2.75, 3.05) is 11.5 Å². The molecule has 0 heterocycles. The van der Waals surface area contributed by atoms with Gasteiger partial charge in [-0.2, -0.15) is 0 Å². The van der Waals surface area contributed by atoms with Crippen molar-refractivity contribution in [1.82, 2.24) is 0 Å². The Kier molecular flexibility index (Phi) is 6.47. The van der Waals surface area contributed by atoms with Crippen LogP contribution < -0.4 is 5.73 Å². The van der Waals surface area contributed by atoms with E-state index in [0.717, 1.165) is 11.8 Å². The van der Waals surface area contributed by atoms with Gasteiger partial charge in [-0.05, 0) is 18.6 Å². The van der Waals surface area contributed by atoms with E-state index < -0.39 is 18.2 Å². The third-order valence-electron chi connectivity index (χ3n) is 2.81. The number of hydrogen-bond donors (Lipinski definition) is 4. The minimum absolute atomic E-state index is 0.0558. The second kappa shape index (κ2) is 7.65. The van der Waals surface area contributed by atoms with Crippen LogP contribution >= 0.6 is 23.4 Å². The molecule has 0 aliphatic heterocycles. The molecule has 8 heteroatoms. The van der Waals surface area contributed by atoms with Crippen molar-refractivity contribution in [2.45, 2.75) is 25.6 Å². The fourth-order valence-corrected chi connectivity index (χ4v) is 2.62. The van der Waals surface area contributed by atoms with Crippen molar-refractivity contribution in [3.63, 3.8) is 0 Å². The topological polar surface area (TPSA) is 121 Å². The number of carbonyl (C=O) groups excluding carboxylic acids is 1. The van der Waals surface area contributed by atoms with Gasteiger partial charge in [0.15, 0.2) is 5.12 Å². The van der Waals surface area contributed by atoms with Gasteiger partial charge in [-0.3, -0.25) is 4.79 Å². The van der Waals surface area contributed by atoms with Crippen LogP contribution in [0.5, 0.6) is 0 Å². The molecule has 0 saturated heterocycles. The Morgan fingerprint density at radius 2 is 2.00 bits per heavy atom. The third-order valence-corrected chi connectivity index (χ3v) is 3.87. The lowest BCUT2D eigenvalue weighted by Gasteiger charge is -2.20. The Bertz CT molecular complexity index is 552. The maximum absolute atomic E-state index is 11.0. The molecular weight excluding hydrogens is 318 g/mol. The van der Waals surface area contributed by atoms with Gasteiger partial charge in [-0.25, -0.2) is 4.79 Å². The predicted molar refractivity (Wildman–Crippen MR) is 81.5 cm³/mol. The summed E-state index contributed by atoms with van der Waals surface area (Å²) in [5.41, 5.74) is 5.38. The number of halogens is 1. The van der Waals surface area contributed by atoms with Crippen LogP contribution in [-0.4, -0.2) is 38.3 Å². The van der Waals surface area contributed by atoms with Crippen LogP contribution in [0, 0.1) is 0 Å². The highest BCUT2D eigenvalue weighted by Gasteiger charge is 2.24. The molecule has 1 aromatic carbocycles. The zero-order chi connectivity index (χ0) is 16.2. The lowest BCUT2D eigenvalue weighted by molar-refractivity contribution is -0.109. The third kappa shape index (κ3) is 4.89. The number of aliphatic hydroxyl groups is 2. The molecule has 0 saturated carbocycles. The summed E-state index contributed by atoms with van der Waals surface area (Å²) < 4.78 is 0. The van der Waals surface area contributed by atoms with Crippen molar-refractivity contribution in [3.8, 4) is 0 Å². The van der Waals surface area contributed by atoms with Crippen LogP contribution in [-0.2, 0) is 4.79 Å². The van der Waals surface area contributed by atoms with Gasteiger partial charge < -0.3 is 21.1 Å². The molecule has 116 valence electrons. The van der Waals surface area contributed by atoms with Gasteiger partial charge in [0, 0.05) is 23.3 Å². The molecule has 5 N–H and O–H groups in total. The average Bonchev–Trinajstić information content (AvgIpc) is 2.39. The molecule has 0 fully saturated rings. The number of carboxylic acids is 1. The molecule has 0 aromatic heterocycles. The van der Waals surface area contributed by atoms with Crippen molar-refractivity contribution < 1.29 is 24.9 Å². The number of carbonyl (C=O) groups is 2. The van der Waals surface area contributed by atoms with E-state index >= 15 is 0 Å². The molecule has 21 heavy (non-hydrogen) atoms. The molecule has 0 bridgehead atoms. The first kappa shape index (κ1) is 17.8. The number of nitrogen functional groups attached to an aromatic ring is 1. The van der Waals surface area contributed by atoms with Crippen LogP contribution in [0.15, 0.2) is 12.1 Å². The molecule has 6 nitrogen and oxygen atoms in total. The highest BCUT2D eigenvalue weighted by atomic mass is 35.5. The van der Waals surface area contributed by atoms with E-state index in [2.05, 4.69) is 0 Å². The number of aliphatic hydroxyl groups excluding tert-OH is 2. The quantitative estimate of drug-likeness (QED) is 0.584. The molecule has 0 spiro atoms. The molecule has 0 radical (unpaired) electrons. The molecule has 2 atom stereocenters. The number of nitrogens with two attached hydrogens (primary N) is 1. The summed E-state index contributed by atoms with van der Waals surface area (Å²) in [5, 5.41) is 29.0. The minimum Gasteiger partial charge on any atom is -0.478 e. The summed E-state index contributed by atoms with van der Waals surface area (Å²) >= 11 is 6.83. The lowest BCUT2D eigenvalue weighted by Crippen LogP contribution is -2.21. The van der Waals surface area contributed by atoms with E-state index in [0.29, 0.717) is 5.75 Å². The molecule has 1 aromatic rings. The Labute approximate surface area is 130 Å². The molecule has 1 rings (SSSR count). The lowest BCUT2D eigenvalue weighted by atomic mass is 9.98. The summed E-state index contributed by atoms with van der Waals surface area (Å²) in [4.78, 5) is 21.8. The SMILES string of the molecule is CC(=O)SCCC(O)C(O)c1cc(Cl)cc(C(=O)O)c1N. The summed E-state index contributed by atoms with van der Waals surface area (Å²) in [5.74, 6) is -0.940. The predicted octanol–water partition coefficient (Wildman–Crippen LogP) is 1.68. The first-order chi connectivity index (χ1) is 9.73. The van der Waals surface area contributed by atoms with E-state index in [1.165, 1.54) is 19.1 Å². The highest BCUT2D eigenvalue weighted by Crippen LogP contribution is 2.31. The molecule has 2 unspecified atom stereocenters. The minimum atomic E-state index is -1.38. The maximum Gasteiger partial charge on any atom is 0.337 e. The van der Waals surface area contributed by atoms with Gasteiger partial charge in [-0.15, -0.1) is 0 Å². The monoisotopic (exact) mass is 333 g/mol. The van der Waals surface area contributed by atoms with E-state index in [9.17, 15) is 19.8 Å². The number of aromatic carboxylic acids is 1. The number of thioether (sulfide) groups is 1. The molecular formula is C13H16ClNO5S. The van der Waals surface area contributed by atoms with Crippen LogP contribution in [0.1, 0.15) is 35.4 Å². The normalized spacial score (nSPS) is 13.7. The second-order valence-corrected chi connectivity index (χ2v) is 6.11. The Balaban J connectivity index is 2.93. The second-order valence-electron chi connectivity index (χ2n) is 4.40. The number of benzene rings is 1. The van der Waals surface area contributed by atoms with Crippen LogP contribution in [0.2, 0.25) is 5.02 Å². The number of hydrogen-bond acceptors (Lipinski definition) is 6. The van der Waals surface area contributed by atoms with Crippen LogP contribution in [0.4, 0.5) is 5.69 Å². The first-order valence-corrected chi connectivity index (χ1v) is 7.42. The van der Waals surface area contributed by atoms with Gasteiger partial charge in [-0.1, -0.05) is 23.4 Å². The summed E-state index contributed by atoms with van der Waals surface area (Å²) in [7, 11) is 0. The molecule has 0 amide bonds. The van der Waals surface area contributed by atoms with Crippen LogP contribution in [0.3, 0.4) is 0 Å². The van der Waals surface area contributed by atoms with E-state index in [4.69, 9.17) is 22.4 Å². The maximum atomic E-state index is 11.0. The van der Waals surface area contributed by atoms with Gasteiger partial charge in [0.2, 0.25) is 0 Å². The largest absolute Gasteiger partial charge is 0.478 e. The first-order valence-electron chi connectivity index (χ1n) is 6.05. The van der Waals surface area contributed by atoms with Gasteiger partial charge in [0.05, 0.1) is 17.4 Å². The zero-order valence-corrected chi connectivity index (χ0v) is 12.8. The Morgan fingerprint density at radius 3 is 2.52 bits per heavy atom. The zero-order valence-electron chi connectivity index (χ0n) is 11.2. The van der Waals surface area contributed by atoms with E-state index in [1.54, 1.807) is 0 Å². The van der Waals surface area contributed by atoms with E-state index in [-0.39, 0.29) is 33.4 Å². The fourth-order valence-electron chi connectivity index (χ4n) is 1.75. The van der Waals surface area contributed by atoms with E-state index in [1.807, 2.05) is 0 Å². The molecule has 0 aliphatic carbocycles. The standard InChI is InChI=1S/C13H16ClNO5S/c1-6(16)21-3-2-10(17)12(18)8-4-7(14)5-9(11(8)15)13(19)20/h4-5,10,12,17-18H,2-3,15H2,1H3,(H,19,20). The van der Waals surface area contributed by atoms with Crippen LogP contribution in [0.25, 0.3) is 0 Å². The van der Waals surface area contributed by atoms with Crippen molar-refractivity contribution in [3.05, 3.63) is 28.3 Å². The molecule has 0 aliphatic rings. The van der Waals surface area contributed by atoms with Gasteiger partial charge in [0.1, 0.15) is 6.10 Å². The average molecular weight is 334 g/mol. The number of anilines is 1. The van der Waals surface area contributed by atoms with Crippen molar-refractivity contribution in [2.24, 2.45) is 0 Å². The van der Waals surface area contributed by atoms with Crippen molar-refractivity contribution in [1.29, 1.82) is 0 Å². The Morgan fingerprint density at radius 1 is 1.38 bits per heavy atom. The smallest absolute Gasteiger partial charge is 0.337 e. The fraction of sp³-hybridized carbons (Fsp3) is 0.385. The highest BCUT2D eigenvalue weighted by molar-refractivity contribution is 8.13. The summed E-state index contributed by atoms with van der Waals surface area (Å²) in [6.07, 6.45) is -2.41. The van der Waals surface area contributed by atoms with Crippen molar-refractivity contribution >= 4 is 40.1 Å². The van der Waals surface area contributed by atoms with Gasteiger partial charge >= 0.3 is 5.97 Å².